The molecule has 0 fully saturated rings. The number of thioether (sulfide) groups is 1. The average molecular weight is 362 g/mol. The molecule has 2 aromatic rings. The molecule has 134 valence electrons. The monoisotopic (exact) mass is 362 g/mol. The first kappa shape index (κ1) is 19.1. The predicted octanol–water partition coefficient (Wildman–Crippen LogP) is 3.57. The largest absolute Gasteiger partial charge is 0.481 e. The van der Waals surface area contributed by atoms with Crippen LogP contribution in [0.15, 0.2) is 28.8 Å². The summed E-state index contributed by atoms with van der Waals surface area (Å²) >= 11 is 1.56. The summed E-state index contributed by atoms with van der Waals surface area (Å²) in [5, 5.41) is 15.4. The molecule has 0 aliphatic heterocycles. The van der Waals surface area contributed by atoms with Crippen molar-refractivity contribution in [3.05, 3.63) is 46.8 Å². The summed E-state index contributed by atoms with van der Waals surface area (Å²) in [6.07, 6.45) is 1.11. The third kappa shape index (κ3) is 6.26. The number of carbonyl (C=O) groups excluding carboxylic acids is 1. The van der Waals surface area contributed by atoms with Gasteiger partial charge in [0, 0.05) is 29.2 Å². The number of nitrogens with one attached hydrogen (secondary N) is 1. The summed E-state index contributed by atoms with van der Waals surface area (Å²) in [5.41, 5.74) is 3.61. The molecule has 2 N–H and O–H groups in total. The number of anilines is 1. The summed E-state index contributed by atoms with van der Waals surface area (Å²) in [4.78, 5) is 22.6. The Labute approximate surface area is 151 Å². The number of aryl methyl sites for hydroxylation is 2. The molecule has 1 aromatic heterocycles. The minimum absolute atomic E-state index is 0.0596. The van der Waals surface area contributed by atoms with Crippen LogP contribution in [-0.2, 0) is 21.8 Å². The number of aliphatic carboxylic acids is 1. The molecule has 0 radical (unpaired) electrons. The molecule has 0 aliphatic carbocycles. The molecule has 0 unspecified atom stereocenters. The first-order valence-corrected chi connectivity index (χ1v) is 9.21. The highest BCUT2D eigenvalue weighted by Crippen LogP contribution is 2.18. The van der Waals surface area contributed by atoms with Gasteiger partial charge in [-0.3, -0.25) is 9.59 Å². The third-order valence-corrected chi connectivity index (χ3v) is 4.75. The summed E-state index contributed by atoms with van der Waals surface area (Å²) < 4.78 is 5.10. The normalized spacial score (nSPS) is 10.6. The van der Waals surface area contributed by atoms with Crippen molar-refractivity contribution in [2.75, 3.05) is 11.1 Å². The number of amides is 1. The van der Waals surface area contributed by atoms with Gasteiger partial charge in [-0.1, -0.05) is 17.3 Å². The lowest BCUT2D eigenvalue weighted by Gasteiger charge is -2.07. The third-order valence-electron chi connectivity index (χ3n) is 3.72. The molecule has 6 nitrogen and oxygen atoms in total. The Morgan fingerprint density at radius 3 is 2.76 bits per heavy atom. The Bertz CT molecular complexity index is 723. The van der Waals surface area contributed by atoms with Gasteiger partial charge in [0.15, 0.2) is 0 Å². The molecular weight excluding hydrogens is 340 g/mol. The maximum Gasteiger partial charge on any atom is 0.304 e. The lowest BCUT2D eigenvalue weighted by atomic mass is 10.1. The van der Waals surface area contributed by atoms with E-state index in [1.807, 2.05) is 38.1 Å². The maximum absolute atomic E-state index is 12.1. The van der Waals surface area contributed by atoms with E-state index < -0.39 is 5.97 Å². The van der Waals surface area contributed by atoms with Crippen LogP contribution in [0.25, 0.3) is 0 Å². The molecule has 1 amide bonds. The van der Waals surface area contributed by atoms with Crippen LogP contribution >= 0.6 is 11.8 Å². The fourth-order valence-corrected chi connectivity index (χ4v) is 3.29. The van der Waals surface area contributed by atoms with Crippen molar-refractivity contribution >= 4 is 29.3 Å². The van der Waals surface area contributed by atoms with Crippen LogP contribution in [0.1, 0.15) is 35.4 Å². The number of aromatic nitrogens is 1. The molecule has 0 atom stereocenters. The number of carboxylic acid groups (broad SMARTS) is 1. The van der Waals surface area contributed by atoms with E-state index in [1.54, 1.807) is 11.8 Å². The van der Waals surface area contributed by atoms with E-state index in [4.69, 9.17) is 9.63 Å². The van der Waals surface area contributed by atoms with Gasteiger partial charge in [0.1, 0.15) is 5.76 Å². The van der Waals surface area contributed by atoms with Gasteiger partial charge in [0.2, 0.25) is 5.91 Å². The Kier molecular flexibility index (Phi) is 7.06. The quantitative estimate of drug-likeness (QED) is 0.663. The SMILES string of the molecule is Cc1noc(C)c1CCC(=O)Nc1cccc(CSCCC(=O)O)c1. The zero-order valence-electron chi connectivity index (χ0n) is 14.4. The van der Waals surface area contributed by atoms with E-state index in [0.29, 0.717) is 18.6 Å². The Morgan fingerprint density at radius 2 is 2.08 bits per heavy atom. The van der Waals surface area contributed by atoms with Crippen LogP contribution in [-0.4, -0.2) is 27.9 Å². The average Bonchev–Trinajstić information content (AvgIpc) is 2.88. The van der Waals surface area contributed by atoms with Crippen LogP contribution in [0.5, 0.6) is 0 Å². The van der Waals surface area contributed by atoms with Crippen LogP contribution in [0.4, 0.5) is 5.69 Å². The highest BCUT2D eigenvalue weighted by molar-refractivity contribution is 7.98. The summed E-state index contributed by atoms with van der Waals surface area (Å²) in [7, 11) is 0. The fraction of sp³-hybridized carbons (Fsp3) is 0.389. The molecule has 0 spiro atoms. The van der Waals surface area contributed by atoms with Crippen LogP contribution < -0.4 is 5.32 Å². The lowest BCUT2D eigenvalue weighted by molar-refractivity contribution is -0.136. The minimum atomic E-state index is -0.785. The second-order valence-corrected chi connectivity index (χ2v) is 6.85. The molecule has 0 saturated carbocycles. The topological polar surface area (TPSA) is 92.4 Å². The van der Waals surface area contributed by atoms with Gasteiger partial charge >= 0.3 is 5.97 Å². The second-order valence-electron chi connectivity index (χ2n) is 5.75. The van der Waals surface area contributed by atoms with E-state index in [0.717, 1.165) is 34.0 Å². The van der Waals surface area contributed by atoms with Crippen molar-refractivity contribution in [2.24, 2.45) is 0 Å². The van der Waals surface area contributed by atoms with Gasteiger partial charge in [0.05, 0.1) is 12.1 Å². The number of carboxylic acids is 1. The van der Waals surface area contributed by atoms with Crippen molar-refractivity contribution in [3.63, 3.8) is 0 Å². The van der Waals surface area contributed by atoms with E-state index in [2.05, 4.69) is 10.5 Å². The zero-order valence-corrected chi connectivity index (χ0v) is 15.2. The van der Waals surface area contributed by atoms with E-state index in [-0.39, 0.29) is 12.3 Å². The van der Waals surface area contributed by atoms with Crippen molar-refractivity contribution in [2.45, 2.75) is 38.9 Å². The van der Waals surface area contributed by atoms with Crippen LogP contribution in [0, 0.1) is 13.8 Å². The van der Waals surface area contributed by atoms with Crippen molar-refractivity contribution in [1.82, 2.24) is 5.16 Å². The Morgan fingerprint density at radius 1 is 1.28 bits per heavy atom. The Hall–Kier alpha value is -2.28. The summed E-state index contributed by atoms with van der Waals surface area (Å²) in [6, 6.07) is 7.62. The van der Waals surface area contributed by atoms with Gasteiger partial charge in [0.25, 0.3) is 0 Å². The number of nitrogens with zero attached hydrogens (tertiary/aromatic N) is 1. The molecule has 25 heavy (non-hydrogen) atoms. The minimum Gasteiger partial charge on any atom is -0.481 e. The molecule has 1 heterocycles. The molecule has 2 rings (SSSR count). The van der Waals surface area contributed by atoms with Crippen molar-refractivity contribution in [1.29, 1.82) is 0 Å². The summed E-state index contributed by atoms with van der Waals surface area (Å²) in [6.45, 7) is 3.72. The standard InChI is InChI=1S/C18H22N2O4S/c1-12-16(13(2)24-20-12)6-7-17(21)19-15-5-3-4-14(10-15)11-25-9-8-18(22)23/h3-5,10H,6-9,11H2,1-2H3,(H,19,21)(H,22,23). The van der Waals surface area contributed by atoms with Gasteiger partial charge in [-0.05, 0) is 38.0 Å². The molecule has 7 heteroatoms. The lowest BCUT2D eigenvalue weighted by Crippen LogP contribution is -2.12. The number of hydrogen-bond donors (Lipinski definition) is 2. The maximum atomic E-state index is 12.1. The molecule has 0 saturated heterocycles. The van der Waals surface area contributed by atoms with E-state index in [1.165, 1.54) is 0 Å². The number of carbonyl (C=O) groups is 2. The first-order valence-electron chi connectivity index (χ1n) is 8.06. The number of hydrogen-bond acceptors (Lipinski definition) is 5. The fourth-order valence-electron chi connectivity index (χ4n) is 2.41. The first-order chi connectivity index (χ1) is 12.0. The Balaban J connectivity index is 1.82. The smallest absolute Gasteiger partial charge is 0.304 e. The van der Waals surface area contributed by atoms with Crippen LogP contribution in [0.2, 0.25) is 0 Å². The van der Waals surface area contributed by atoms with E-state index in [9.17, 15) is 9.59 Å². The molecular formula is C18H22N2O4S. The molecule has 0 bridgehead atoms. The van der Waals surface area contributed by atoms with Crippen molar-refractivity contribution in [3.8, 4) is 0 Å². The van der Waals surface area contributed by atoms with Gasteiger partial charge in [-0.25, -0.2) is 0 Å². The predicted molar refractivity (Wildman–Crippen MR) is 97.8 cm³/mol. The number of benzene rings is 1. The zero-order chi connectivity index (χ0) is 18.2. The van der Waals surface area contributed by atoms with Gasteiger partial charge < -0.3 is 14.9 Å². The van der Waals surface area contributed by atoms with Gasteiger partial charge in [-0.2, -0.15) is 11.8 Å². The highest BCUT2D eigenvalue weighted by atomic mass is 32.2. The summed E-state index contributed by atoms with van der Waals surface area (Å²) in [5.74, 6) is 1.20. The number of rotatable bonds is 9. The second kappa shape index (κ2) is 9.27. The molecule has 0 aliphatic rings. The van der Waals surface area contributed by atoms with Gasteiger partial charge in [-0.15, -0.1) is 0 Å². The van der Waals surface area contributed by atoms with E-state index >= 15 is 0 Å². The molecule has 1 aromatic carbocycles. The van der Waals surface area contributed by atoms with Crippen molar-refractivity contribution < 1.29 is 19.2 Å². The van der Waals surface area contributed by atoms with Crippen LogP contribution in [0.3, 0.4) is 0 Å². The highest BCUT2D eigenvalue weighted by Gasteiger charge is 2.11.